The summed E-state index contributed by atoms with van der Waals surface area (Å²) in [6.45, 7) is 27.5. The predicted octanol–water partition coefficient (Wildman–Crippen LogP) is 7.91. The Morgan fingerprint density at radius 1 is 0.733 bits per heavy atom. The van der Waals surface area contributed by atoms with E-state index in [1.807, 2.05) is 36.8 Å². The van der Waals surface area contributed by atoms with E-state index in [0.29, 0.717) is 16.6 Å². The van der Waals surface area contributed by atoms with Gasteiger partial charge in [-0.3, -0.25) is 4.79 Å². The van der Waals surface area contributed by atoms with Crippen LogP contribution < -0.4 is 4.74 Å². The van der Waals surface area contributed by atoms with Crippen LogP contribution in [0.3, 0.4) is 0 Å². The molecule has 2 atom stereocenters. The minimum absolute atomic E-state index is 0. The summed E-state index contributed by atoms with van der Waals surface area (Å²) in [5.41, 5.74) is 3.15. The van der Waals surface area contributed by atoms with E-state index in [1.165, 1.54) is 0 Å². The number of hydrogen-bond donors (Lipinski definition) is 0. The van der Waals surface area contributed by atoms with Crippen molar-refractivity contribution in [3.63, 3.8) is 0 Å². The maximum atomic E-state index is 15.2. The molecule has 0 heterocycles. The van der Waals surface area contributed by atoms with Crippen molar-refractivity contribution in [3.05, 3.63) is 134 Å². The first-order valence-electron chi connectivity index (χ1n) is 14.4. The third-order valence-electron chi connectivity index (χ3n) is 8.87. The standard InChI is InChI=1S/C34H42O3Si.3CO.Cr/c1-23(2)38(24(3)4,25(5)6)33-31(27-17-13-10-14-18-27)34(37-8,28-19-21-29(36-7)22-20-28)30(32(33)35)26-15-11-9-12-16-26;3*1-2;/h9-25,30H,1-8H3;;;;/t30-,34+;;;;/m1..../s1. The number of methoxy groups -OCH3 is 2. The molecule has 6 radical (unpaired) electrons. The van der Waals surface area contributed by atoms with Gasteiger partial charge in [-0.1, -0.05) is 84.0 Å². The summed E-state index contributed by atoms with van der Waals surface area (Å²) in [6, 6.07) is 18.3. The van der Waals surface area contributed by atoms with Crippen LogP contribution in [0.15, 0.2) is 65.4 Å². The second-order valence-electron chi connectivity index (χ2n) is 11.4. The van der Waals surface area contributed by atoms with E-state index < -0.39 is 19.6 Å². The van der Waals surface area contributed by atoms with E-state index in [4.69, 9.17) is 23.4 Å². The Labute approximate surface area is 282 Å². The smallest absolute Gasteiger partial charge is 0 e. The van der Waals surface area contributed by atoms with Gasteiger partial charge in [0.1, 0.15) is 11.4 Å². The van der Waals surface area contributed by atoms with Gasteiger partial charge in [-0.25, -0.2) is 0 Å². The summed E-state index contributed by atoms with van der Waals surface area (Å²) < 4.78 is 34.7. The number of rotatable bonds is 9. The van der Waals surface area contributed by atoms with Gasteiger partial charge in [-0.2, -0.15) is 0 Å². The SMILES string of the molecule is COc1ccc([C@@]2(OC)C([C]3[CH][CH][CH][CH][CH]3)=C([Si](C(C)C)(C(C)C)C(C)C)C(=O)[C@H]2c2ccccc2)cc1.[C-]#[O+].[C-]#[O+].[C-]#[O+].[Cr]. The van der Waals surface area contributed by atoms with Crippen LogP contribution in [-0.4, -0.2) is 28.1 Å². The van der Waals surface area contributed by atoms with Crippen molar-refractivity contribution < 1.29 is 45.6 Å². The van der Waals surface area contributed by atoms with Gasteiger partial charge < -0.3 is 9.47 Å². The number of ether oxygens (including phenoxy) is 2. The van der Waals surface area contributed by atoms with Gasteiger partial charge >= 0.3 is 33.9 Å². The summed E-state index contributed by atoms with van der Waals surface area (Å²) in [5.74, 6) is 1.57. The summed E-state index contributed by atoms with van der Waals surface area (Å²) in [7, 11) is 1.03. The van der Waals surface area contributed by atoms with Gasteiger partial charge in [-0.05, 0) is 82.8 Å². The molecular formula is C37H42CrO6Si. The van der Waals surface area contributed by atoms with E-state index in [1.54, 1.807) is 14.2 Å². The van der Waals surface area contributed by atoms with Crippen LogP contribution >= 0.6 is 0 Å². The second-order valence-corrected chi connectivity index (χ2v) is 17.2. The fraction of sp³-hybridized carbons (Fsp3) is 0.351. The zero-order chi connectivity index (χ0) is 33.7. The molecule has 0 aliphatic heterocycles. The molecule has 4 rings (SSSR count). The first-order valence-corrected chi connectivity index (χ1v) is 16.6. The van der Waals surface area contributed by atoms with E-state index in [2.05, 4.69) is 111 Å². The molecule has 6 nitrogen and oxygen atoms in total. The zero-order valence-electron chi connectivity index (χ0n) is 27.3. The molecule has 0 saturated heterocycles. The van der Waals surface area contributed by atoms with E-state index >= 15 is 4.79 Å². The Bertz CT molecular complexity index is 1240. The number of Topliss-reactive ketones (excluding diaryl/α,β-unsaturated/α-hetero) is 1. The number of carbonyl (C=O) groups is 1. The van der Waals surface area contributed by atoms with Gasteiger partial charge in [-0.15, -0.1) is 0 Å². The van der Waals surface area contributed by atoms with Gasteiger partial charge in [0.05, 0.1) is 21.1 Å². The topological polar surface area (TPSA) is 95.2 Å². The molecule has 0 bridgehead atoms. The van der Waals surface area contributed by atoms with Crippen LogP contribution in [0.4, 0.5) is 0 Å². The third kappa shape index (κ3) is 7.94. The predicted molar refractivity (Wildman–Crippen MR) is 170 cm³/mol. The number of allylic oxidation sites excluding steroid dienone is 1. The molecule has 2 aromatic carbocycles. The minimum Gasteiger partial charge on any atom is 0 e. The van der Waals surface area contributed by atoms with Crippen LogP contribution in [-0.2, 0) is 46.5 Å². The molecule has 1 saturated carbocycles. The second kappa shape index (κ2) is 20.0. The summed E-state index contributed by atoms with van der Waals surface area (Å²) in [6.07, 6.45) is 10.5. The van der Waals surface area contributed by atoms with Gasteiger partial charge in [0, 0.05) is 30.4 Å². The van der Waals surface area contributed by atoms with Gasteiger partial charge in [0.25, 0.3) is 0 Å². The summed E-state index contributed by atoms with van der Waals surface area (Å²) in [5, 5.41) is 1.05. The fourth-order valence-corrected chi connectivity index (χ4v) is 14.6. The number of hydrogen-bond acceptors (Lipinski definition) is 3. The monoisotopic (exact) mass is 662 g/mol. The van der Waals surface area contributed by atoms with Crippen molar-refractivity contribution >= 4 is 13.9 Å². The Morgan fingerprint density at radius 3 is 1.60 bits per heavy atom. The molecule has 0 spiro atoms. The number of carbonyl (C=O) groups excluding carboxylic acids is 1. The molecule has 8 heteroatoms. The van der Waals surface area contributed by atoms with Crippen molar-refractivity contribution in [3.8, 4) is 5.75 Å². The molecule has 0 aromatic heterocycles. The molecule has 0 N–H and O–H groups in total. The third-order valence-corrected chi connectivity index (χ3v) is 16.0. The number of benzene rings is 2. The van der Waals surface area contributed by atoms with Crippen molar-refractivity contribution in [2.24, 2.45) is 0 Å². The largest absolute Gasteiger partial charge is 0 e. The molecular weight excluding hydrogens is 620 g/mol. The molecule has 0 amide bonds. The average molecular weight is 663 g/mol. The van der Waals surface area contributed by atoms with Gasteiger partial charge in [0.15, 0.2) is 5.78 Å². The first-order chi connectivity index (χ1) is 21.2. The summed E-state index contributed by atoms with van der Waals surface area (Å²) >= 11 is 0. The van der Waals surface area contributed by atoms with Crippen LogP contribution in [0.5, 0.6) is 5.75 Å². The molecule has 236 valence electrons. The average Bonchev–Trinajstić information content (AvgIpc) is 3.33. The van der Waals surface area contributed by atoms with Crippen molar-refractivity contribution in [2.45, 2.75) is 69.7 Å². The van der Waals surface area contributed by atoms with Crippen molar-refractivity contribution in [1.29, 1.82) is 0 Å². The first kappa shape index (κ1) is 42.6. The van der Waals surface area contributed by atoms with E-state index in [9.17, 15) is 0 Å². The molecule has 45 heavy (non-hydrogen) atoms. The Kier molecular flexibility index (Phi) is 18.9. The zero-order valence-corrected chi connectivity index (χ0v) is 29.5. The quantitative estimate of drug-likeness (QED) is 0.155. The van der Waals surface area contributed by atoms with E-state index in [0.717, 1.165) is 33.6 Å². The maximum absolute atomic E-state index is 15.2. The van der Waals surface area contributed by atoms with Crippen molar-refractivity contribution in [2.75, 3.05) is 14.2 Å². The normalized spacial score (nSPS) is 19.8. The van der Waals surface area contributed by atoms with Gasteiger partial charge in [0.2, 0.25) is 0 Å². The Morgan fingerprint density at radius 2 is 1.20 bits per heavy atom. The Hall–Kier alpha value is -2.42. The molecule has 0 unspecified atom stereocenters. The minimum atomic E-state index is -2.41. The Balaban J connectivity index is 0.00000261. The number of ketones is 1. The molecule has 1 fully saturated rings. The van der Waals surface area contributed by atoms with Crippen molar-refractivity contribution in [1.82, 2.24) is 0 Å². The van der Waals surface area contributed by atoms with Crippen LogP contribution in [0.1, 0.15) is 58.6 Å². The maximum Gasteiger partial charge on any atom is 0 e. The molecule has 2 aromatic rings. The molecule has 2 aliphatic rings. The fourth-order valence-electron chi connectivity index (χ4n) is 7.56. The molecule has 2 aliphatic carbocycles. The van der Waals surface area contributed by atoms with Crippen LogP contribution in [0, 0.1) is 58.0 Å². The summed E-state index contributed by atoms with van der Waals surface area (Å²) in [4.78, 5) is 15.2. The van der Waals surface area contributed by atoms with Crippen LogP contribution in [0.25, 0.3) is 0 Å². The van der Waals surface area contributed by atoms with E-state index in [-0.39, 0.29) is 23.1 Å². The van der Waals surface area contributed by atoms with Crippen LogP contribution in [0.2, 0.25) is 16.6 Å².